The maximum absolute atomic E-state index is 12.8. The fraction of sp³-hybridized carbons (Fsp3) is 0.630. The van der Waals surface area contributed by atoms with E-state index in [1.165, 1.54) is 31.5 Å². The van der Waals surface area contributed by atoms with Crippen LogP contribution in [0.2, 0.25) is 0 Å². The minimum Gasteiger partial charge on any atom is -0.388 e. The van der Waals surface area contributed by atoms with E-state index < -0.39 is 5.60 Å². The number of hydrogen-bond acceptors (Lipinski definition) is 6. The first kappa shape index (κ1) is 24.7. The van der Waals surface area contributed by atoms with Gasteiger partial charge in [0.15, 0.2) is 0 Å². The predicted molar refractivity (Wildman–Crippen MR) is 137 cm³/mol. The van der Waals surface area contributed by atoms with Crippen molar-refractivity contribution in [2.75, 3.05) is 52.5 Å². The molecule has 7 nitrogen and oxygen atoms in total. The van der Waals surface area contributed by atoms with Crippen LogP contribution in [-0.2, 0) is 4.79 Å². The lowest BCUT2D eigenvalue weighted by Gasteiger charge is -2.41. The number of benzene rings is 1. The summed E-state index contributed by atoms with van der Waals surface area (Å²) < 4.78 is 0. The van der Waals surface area contributed by atoms with Crippen LogP contribution in [0.25, 0.3) is 0 Å². The lowest BCUT2D eigenvalue weighted by molar-refractivity contribution is -0.136. The summed E-state index contributed by atoms with van der Waals surface area (Å²) in [4.78, 5) is 24.1. The summed E-state index contributed by atoms with van der Waals surface area (Å²) >= 11 is 0. The van der Waals surface area contributed by atoms with Gasteiger partial charge in [-0.25, -0.2) is 4.99 Å². The van der Waals surface area contributed by atoms with Gasteiger partial charge < -0.3 is 25.1 Å². The molecule has 2 fully saturated rings. The summed E-state index contributed by atoms with van der Waals surface area (Å²) in [6, 6.07) is 10.2. The van der Waals surface area contributed by atoms with Gasteiger partial charge in [-0.1, -0.05) is 37.3 Å². The van der Waals surface area contributed by atoms with Gasteiger partial charge in [0.25, 0.3) is 0 Å². The Morgan fingerprint density at radius 1 is 1.15 bits per heavy atom. The van der Waals surface area contributed by atoms with Crippen molar-refractivity contribution in [3.8, 4) is 0 Å². The molecule has 3 heterocycles. The highest BCUT2D eigenvalue weighted by Crippen LogP contribution is 2.27. The van der Waals surface area contributed by atoms with E-state index in [9.17, 15) is 9.90 Å². The number of β-amino-alcohol motifs (C(OH)–C–C–N with tert-alkyl or cyclic N) is 1. The van der Waals surface area contributed by atoms with Gasteiger partial charge in [-0.15, -0.1) is 0 Å². The van der Waals surface area contributed by atoms with Gasteiger partial charge >= 0.3 is 0 Å². The third-order valence-electron chi connectivity index (χ3n) is 7.47. The molecular formula is C27H41N5O2. The first-order valence-electron chi connectivity index (χ1n) is 12.9. The molecule has 0 saturated carbocycles. The Kier molecular flexibility index (Phi) is 8.27. The summed E-state index contributed by atoms with van der Waals surface area (Å²) in [6.07, 6.45) is 6.47. The molecule has 0 aromatic heterocycles. The maximum atomic E-state index is 12.8. The number of likely N-dealkylation sites (tertiary alicyclic amines) is 2. The van der Waals surface area contributed by atoms with Crippen LogP contribution in [0.4, 0.5) is 0 Å². The summed E-state index contributed by atoms with van der Waals surface area (Å²) in [5, 5.41) is 14.7. The molecule has 1 unspecified atom stereocenters. The Morgan fingerprint density at radius 3 is 2.53 bits per heavy atom. The number of amides is 1. The predicted octanol–water partition coefficient (Wildman–Crippen LogP) is 2.79. The van der Waals surface area contributed by atoms with E-state index in [2.05, 4.69) is 47.3 Å². The molecule has 1 aromatic carbocycles. The summed E-state index contributed by atoms with van der Waals surface area (Å²) in [5.41, 5.74) is 1.52. The van der Waals surface area contributed by atoms with Crippen molar-refractivity contribution < 1.29 is 9.90 Å². The fourth-order valence-electron chi connectivity index (χ4n) is 5.29. The molecule has 1 atom stereocenters. The largest absolute Gasteiger partial charge is 0.388 e. The van der Waals surface area contributed by atoms with Gasteiger partial charge in [0, 0.05) is 50.9 Å². The van der Waals surface area contributed by atoms with Crippen molar-refractivity contribution in [3.63, 3.8) is 0 Å². The molecule has 7 heteroatoms. The van der Waals surface area contributed by atoms with Gasteiger partial charge in [-0.3, -0.25) is 4.79 Å². The van der Waals surface area contributed by atoms with E-state index >= 15 is 0 Å². The summed E-state index contributed by atoms with van der Waals surface area (Å²) in [5.74, 6) is 1.35. The number of carbonyl (C=O) groups is 1. The number of nitrogens with zero attached hydrogens (tertiary/aromatic N) is 4. The molecule has 0 radical (unpaired) electrons. The standard InChI is InChI=1S/C27H41N5O2/c1-22(24-8-4-3-5-9-24)18-25(33)32-15-10-27(34,11-16-32)20-31-19-23(2)26(29-21-31)28-12-17-30-13-6-7-14-30/h3-5,8-9,19,22,34H,6-7,10-18,20-21H2,1-2H3,(H,28,29). The Hall–Kier alpha value is -2.38. The molecule has 3 aliphatic rings. The SMILES string of the molecule is CC1=CN(CC2(O)CCN(C(=O)CC(C)c3ccccc3)CC2)CN=C1NCCN1CCCC1. The van der Waals surface area contributed by atoms with Crippen molar-refractivity contribution in [2.45, 2.75) is 57.5 Å². The van der Waals surface area contributed by atoms with Crippen molar-refractivity contribution in [3.05, 3.63) is 47.7 Å². The number of carbonyl (C=O) groups excluding carboxylic acids is 1. The second kappa shape index (κ2) is 11.4. The number of nitrogens with one attached hydrogen (secondary N) is 1. The zero-order valence-corrected chi connectivity index (χ0v) is 20.9. The van der Waals surface area contributed by atoms with Crippen LogP contribution >= 0.6 is 0 Å². The van der Waals surface area contributed by atoms with Crippen molar-refractivity contribution >= 4 is 11.7 Å². The summed E-state index contributed by atoms with van der Waals surface area (Å²) in [6.45, 7) is 10.9. The monoisotopic (exact) mass is 467 g/mol. The third-order valence-corrected chi connectivity index (χ3v) is 7.47. The van der Waals surface area contributed by atoms with Crippen LogP contribution < -0.4 is 5.32 Å². The Balaban J connectivity index is 1.20. The van der Waals surface area contributed by atoms with E-state index in [4.69, 9.17) is 4.99 Å². The molecular weight excluding hydrogens is 426 g/mol. The van der Waals surface area contributed by atoms with Crippen molar-refractivity contribution in [1.82, 2.24) is 20.0 Å². The quantitative estimate of drug-likeness (QED) is 0.615. The minimum atomic E-state index is -0.783. The molecule has 4 rings (SSSR count). The van der Waals surface area contributed by atoms with Crippen LogP contribution in [0, 0.1) is 0 Å². The topological polar surface area (TPSA) is 71.4 Å². The third kappa shape index (κ3) is 6.60. The molecule has 186 valence electrons. The zero-order chi connectivity index (χ0) is 24.0. The molecule has 0 aliphatic carbocycles. The van der Waals surface area contributed by atoms with Gasteiger partial charge in [-0.2, -0.15) is 0 Å². The maximum Gasteiger partial charge on any atom is 0.223 e. The van der Waals surface area contributed by atoms with Crippen molar-refractivity contribution in [2.24, 2.45) is 4.99 Å². The molecule has 34 heavy (non-hydrogen) atoms. The Bertz CT molecular complexity index is 870. The number of piperidine rings is 1. The molecule has 1 aromatic rings. The second-order valence-electron chi connectivity index (χ2n) is 10.3. The van der Waals surface area contributed by atoms with Gasteiger partial charge in [-0.05, 0) is 57.2 Å². The number of amidine groups is 1. The molecule has 1 amide bonds. The first-order chi connectivity index (χ1) is 16.4. The highest BCUT2D eigenvalue weighted by molar-refractivity contribution is 5.98. The molecule has 0 spiro atoms. The normalized spacial score (nSPS) is 21.7. The smallest absolute Gasteiger partial charge is 0.223 e. The highest BCUT2D eigenvalue weighted by Gasteiger charge is 2.35. The molecule has 2 N–H and O–H groups in total. The lowest BCUT2D eigenvalue weighted by Crippen LogP contribution is -2.52. The van der Waals surface area contributed by atoms with E-state index in [0.29, 0.717) is 45.6 Å². The summed E-state index contributed by atoms with van der Waals surface area (Å²) in [7, 11) is 0. The Labute approximate surface area is 204 Å². The second-order valence-corrected chi connectivity index (χ2v) is 10.3. The average Bonchev–Trinajstić information content (AvgIpc) is 3.35. The number of hydrogen-bond donors (Lipinski definition) is 2. The van der Waals surface area contributed by atoms with E-state index in [1.54, 1.807) is 0 Å². The Morgan fingerprint density at radius 2 is 1.85 bits per heavy atom. The molecule has 0 bridgehead atoms. The minimum absolute atomic E-state index is 0.182. The van der Waals surface area contributed by atoms with E-state index in [0.717, 1.165) is 24.5 Å². The van der Waals surface area contributed by atoms with Crippen LogP contribution in [0.5, 0.6) is 0 Å². The van der Waals surface area contributed by atoms with Gasteiger partial charge in [0.2, 0.25) is 5.91 Å². The number of rotatable bonds is 8. The van der Waals surface area contributed by atoms with Crippen molar-refractivity contribution in [1.29, 1.82) is 0 Å². The fourth-order valence-corrected chi connectivity index (χ4v) is 5.29. The zero-order valence-electron chi connectivity index (χ0n) is 20.9. The lowest BCUT2D eigenvalue weighted by atomic mass is 9.90. The molecule has 2 saturated heterocycles. The van der Waals surface area contributed by atoms with Crippen LogP contribution in [-0.4, -0.2) is 89.6 Å². The molecule has 3 aliphatic heterocycles. The first-order valence-corrected chi connectivity index (χ1v) is 12.9. The van der Waals surface area contributed by atoms with Crippen LogP contribution in [0.1, 0.15) is 57.4 Å². The highest BCUT2D eigenvalue weighted by atomic mass is 16.3. The van der Waals surface area contributed by atoms with Crippen LogP contribution in [0.15, 0.2) is 47.1 Å². The number of aliphatic hydroxyl groups is 1. The van der Waals surface area contributed by atoms with Gasteiger partial charge in [0.05, 0.1) is 5.60 Å². The number of aliphatic imine (C=N–C) groups is 1. The van der Waals surface area contributed by atoms with E-state index in [-0.39, 0.29) is 11.8 Å². The van der Waals surface area contributed by atoms with Gasteiger partial charge in [0.1, 0.15) is 12.5 Å². The van der Waals surface area contributed by atoms with Crippen LogP contribution in [0.3, 0.4) is 0 Å². The average molecular weight is 468 g/mol. The van der Waals surface area contributed by atoms with E-state index in [1.807, 2.05) is 23.1 Å².